The molecule has 0 bridgehead atoms. The van der Waals surface area contributed by atoms with Gasteiger partial charge in [-0.25, -0.2) is 18.0 Å². The van der Waals surface area contributed by atoms with Gasteiger partial charge in [-0.2, -0.15) is 0 Å². The van der Waals surface area contributed by atoms with E-state index in [4.69, 9.17) is 5.11 Å². The van der Waals surface area contributed by atoms with E-state index in [-0.39, 0.29) is 38.0 Å². The van der Waals surface area contributed by atoms with E-state index in [0.29, 0.717) is 0 Å². The highest BCUT2D eigenvalue weighted by molar-refractivity contribution is 5.71. The Kier molecular flexibility index (Phi) is 3.39. The molecular formula is C9H13F3O2. The van der Waals surface area contributed by atoms with E-state index >= 15 is 0 Å². The predicted octanol–water partition coefficient (Wildman–Crippen LogP) is 2.62. The van der Waals surface area contributed by atoms with Crippen LogP contribution in [0.3, 0.4) is 0 Å². The molecule has 1 fully saturated rings. The second kappa shape index (κ2) is 4.19. The molecule has 0 aromatic heterocycles. The lowest BCUT2D eigenvalue weighted by atomic mass is 9.84. The minimum absolute atomic E-state index is 0.134. The van der Waals surface area contributed by atoms with Crippen LogP contribution in [0.4, 0.5) is 13.2 Å². The summed E-state index contributed by atoms with van der Waals surface area (Å²) >= 11 is 0. The first-order valence-corrected chi connectivity index (χ1v) is 4.65. The van der Waals surface area contributed by atoms with Gasteiger partial charge in [0.1, 0.15) is 0 Å². The zero-order chi connectivity index (χ0) is 10.8. The van der Waals surface area contributed by atoms with Crippen molar-refractivity contribution in [1.29, 1.82) is 0 Å². The molecule has 5 heteroatoms. The third-order valence-electron chi connectivity index (χ3n) is 2.64. The fourth-order valence-electron chi connectivity index (χ4n) is 1.73. The predicted molar refractivity (Wildman–Crippen MR) is 44.1 cm³/mol. The third-order valence-corrected chi connectivity index (χ3v) is 2.64. The summed E-state index contributed by atoms with van der Waals surface area (Å²) in [5, 5.41) is 8.29. The molecule has 0 aliphatic heterocycles. The van der Waals surface area contributed by atoms with Gasteiger partial charge in [-0.15, -0.1) is 0 Å². The van der Waals surface area contributed by atoms with Crippen molar-refractivity contribution in [2.45, 2.75) is 44.2 Å². The van der Waals surface area contributed by atoms with Crippen molar-refractivity contribution in [3.05, 3.63) is 0 Å². The van der Waals surface area contributed by atoms with E-state index in [0.717, 1.165) is 0 Å². The van der Waals surface area contributed by atoms with E-state index in [2.05, 4.69) is 0 Å². The summed E-state index contributed by atoms with van der Waals surface area (Å²) in [6.45, 7) is 0. The maximum Gasteiger partial charge on any atom is 0.338 e. The van der Waals surface area contributed by atoms with Crippen LogP contribution in [0, 0.1) is 5.92 Å². The van der Waals surface area contributed by atoms with Crippen LogP contribution in [0.2, 0.25) is 0 Å². The van der Waals surface area contributed by atoms with Crippen LogP contribution in [-0.4, -0.2) is 23.2 Å². The van der Waals surface area contributed by atoms with Gasteiger partial charge < -0.3 is 5.11 Å². The summed E-state index contributed by atoms with van der Waals surface area (Å²) in [5.41, 5.74) is 0. The smallest absolute Gasteiger partial charge is 0.338 e. The summed E-state index contributed by atoms with van der Waals surface area (Å²) in [5.74, 6) is -4.34. The number of rotatable bonds is 3. The molecule has 0 aromatic carbocycles. The molecule has 0 saturated heterocycles. The Hall–Kier alpha value is -0.740. The number of alkyl halides is 3. The summed E-state index contributed by atoms with van der Waals surface area (Å²) in [6.07, 6.45) is -2.09. The molecule has 0 amide bonds. The lowest BCUT2D eigenvalue weighted by molar-refractivity contribution is -0.143. The number of aliphatic carboxylic acids is 1. The van der Waals surface area contributed by atoms with Gasteiger partial charge in [0, 0.05) is 12.8 Å². The number of carboxylic acid groups (broad SMARTS) is 1. The fourth-order valence-corrected chi connectivity index (χ4v) is 1.73. The zero-order valence-electron chi connectivity index (χ0n) is 7.68. The average molecular weight is 210 g/mol. The van der Waals surface area contributed by atoms with Crippen molar-refractivity contribution < 1.29 is 23.1 Å². The van der Waals surface area contributed by atoms with Gasteiger partial charge in [0.05, 0.1) is 0 Å². The van der Waals surface area contributed by atoms with E-state index < -0.39 is 18.1 Å². The first-order chi connectivity index (χ1) is 6.41. The monoisotopic (exact) mass is 210 g/mol. The van der Waals surface area contributed by atoms with Gasteiger partial charge in [-0.1, -0.05) is 0 Å². The zero-order valence-corrected chi connectivity index (χ0v) is 7.68. The van der Waals surface area contributed by atoms with Crippen molar-refractivity contribution in [2.24, 2.45) is 5.92 Å². The molecule has 1 unspecified atom stereocenters. The van der Waals surface area contributed by atoms with Gasteiger partial charge in [-0.3, -0.25) is 0 Å². The number of carboxylic acids is 1. The van der Waals surface area contributed by atoms with Crippen molar-refractivity contribution in [3.8, 4) is 0 Å². The van der Waals surface area contributed by atoms with Gasteiger partial charge in [0.15, 0.2) is 6.17 Å². The van der Waals surface area contributed by atoms with E-state index in [9.17, 15) is 18.0 Å². The van der Waals surface area contributed by atoms with Gasteiger partial charge >= 0.3 is 5.97 Å². The van der Waals surface area contributed by atoms with Gasteiger partial charge in [-0.05, 0) is 25.2 Å². The molecule has 82 valence electrons. The van der Waals surface area contributed by atoms with Crippen LogP contribution in [0.5, 0.6) is 0 Å². The normalized spacial score (nSPS) is 24.5. The quantitative estimate of drug-likeness (QED) is 0.777. The fraction of sp³-hybridized carbons (Fsp3) is 0.889. The van der Waals surface area contributed by atoms with Crippen molar-refractivity contribution in [2.75, 3.05) is 0 Å². The number of hydrogen-bond acceptors (Lipinski definition) is 1. The number of carbonyl (C=O) groups is 1. The second-order valence-electron chi connectivity index (χ2n) is 3.84. The highest BCUT2D eigenvalue weighted by Gasteiger charge is 2.36. The summed E-state index contributed by atoms with van der Waals surface area (Å²) < 4.78 is 38.0. The Labute approximate surface area is 80.1 Å². The Balaban J connectivity index is 2.32. The summed E-state index contributed by atoms with van der Waals surface area (Å²) in [4.78, 5) is 10.2. The standard InChI is InChI=1S/C9H13F3O2/c10-7(8(13)14)5-6-1-3-9(11,12)4-2-6/h6-7H,1-5H2,(H,13,14). The van der Waals surface area contributed by atoms with E-state index in [1.807, 2.05) is 0 Å². The molecule has 1 saturated carbocycles. The van der Waals surface area contributed by atoms with Gasteiger partial charge in [0.2, 0.25) is 5.92 Å². The summed E-state index contributed by atoms with van der Waals surface area (Å²) in [6, 6.07) is 0. The van der Waals surface area contributed by atoms with E-state index in [1.165, 1.54) is 0 Å². The molecule has 2 nitrogen and oxygen atoms in total. The molecule has 0 radical (unpaired) electrons. The minimum Gasteiger partial charge on any atom is -0.479 e. The summed E-state index contributed by atoms with van der Waals surface area (Å²) in [7, 11) is 0. The molecule has 0 aromatic rings. The maximum atomic E-state index is 12.7. The number of hydrogen-bond donors (Lipinski definition) is 1. The highest BCUT2D eigenvalue weighted by Crippen LogP contribution is 2.38. The van der Waals surface area contributed by atoms with Crippen LogP contribution in [0.25, 0.3) is 0 Å². The van der Waals surface area contributed by atoms with Crippen LogP contribution in [0.1, 0.15) is 32.1 Å². The highest BCUT2D eigenvalue weighted by atomic mass is 19.3. The average Bonchev–Trinajstić information content (AvgIpc) is 2.08. The Bertz CT molecular complexity index is 208. The molecule has 0 spiro atoms. The Morgan fingerprint density at radius 3 is 2.36 bits per heavy atom. The lowest BCUT2D eigenvalue weighted by Gasteiger charge is -2.28. The second-order valence-corrected chi connectivity index (χ2v) is 3.84. The van der Waals surface area contributed by atoms with E-state index in [1.54, 1.807) is 0 Å². The molecule has 0 heterocycles. The molecule has 1 atom stereocenters. The largest absolute Gasteiger partial charge is 0.479 e. The Morgan fingerprint density at radius 2 is 1.93 bits per heavy atom. The number of halogens is 3. The molecule has 1 N–H and O–H groups in total. The SMILES string of the molecule is O=C(O)C(F)CC1CCC(F)(F)CC1. The topological polar surface area (TPSA) is 37.3 Å². The van der Waals surface area contributed by atoms with Crippen LogP contribution < -0.4 is 0 Å². The van der Waals surface area contributed by atoms with Crippen molar-refractivity contribution in [3.63, 3.8) is 0 Å². The molecule has 1 rings (SSSR count). The van der Waals surface area contributed by atoms with Crippen molar-refractivity contribution >= 4 is 5.97 Å². The molecule has 14 heavy (non-hydrogen) atoms. The van der Waals surface area contributed by atoms with Crippen LogP contribution in [0.15, 0.2) is 0 Å². The molecule has 1 aliphatic rings. The molecular weight excluding hydrogens is 197 g/mol. The first kappa shape index (κ1) is 11.3. The third kappa shape index (κ3) is 3.20. The lowest BCUT2D eigenvalue weighted by Crippen LogP contribution is -2.27. The first-order valence-electron chi connectivity index (χ1n) is 4.65. The van der Waals surface area contributed by atoms with Crippen LogP contribution >= 0.6 is 0 Å². The maximum absolute atomic E-state index is 12.7. The van der Waals surface area contributed by atoms with Crippen molar-refractivity contribution in [1.82, 2.24) is 0 Å². The Morgan fingerprint density at radius 1 is 1.43 bits per heavy atom. The molecule has 1 aliphatic carbocycles. The van der Waals surface area contributed by atoms with Crippen LogP contribution in [-0.2, 0) is 4.79 Å². The minimum atomic E-state index is -2.63. The van der Waals surface area contributed by atoms with Gasteiger partial charge in [0.25, 0.3) is 0 Å².